The molecule has 3 heteroatoms. The maximum atomic E-state index is 4.31. The van der Waals surface area contributed by atoms with Gasteiger partial charge in [-0.25, -0.2) is 0 Å². The fourth-order valence-corrected chi connectivity index (χ4v) is 0.711. The van der Waals surface area contributed by atoms with Crippen LogP contribution in [0.2, 0.25) is 0 Å². The van der Waals surface area contributed by atoms with Gasteiger partial charge >= 0.3 is 0 Å². The van der Waals surface area contributed by atoms with E-state index in [0.29, 0.717) is 0 Å². The van der Waals surface area contributed by atoms with Gasteiger partial charge in [-0.05, 0) is 19.9 Å². The summed E-state index contributed by atoms with van der Waals surface area (Å²) in [6.45, 7) is 3.98. The van der Waals surface area contributed by atoms with Gasteiger partial charge in [-0.3, -0.25) is 4.68 Å². The van der Waals surface area contributed by atoms with Gasteiger partial charge in [-0.2, -0.15) is 5.10 Å². The molecule has 0 N–H and O–H groups in total. The Morgan fingerprint density at radius 1 is 1.56 bits per heavy atom. The van der Waals surface area contributed by atoms with E-state index in [2.05, 4.69) is 17.7 Å². The van der Waals surface area contributed by atoms with Crippen molar-refractivity contribution in [2.24, 2.45) is 0 Å². The maximum absolute atomic E-state index is 4.31. The van der Waals surface area contributed by atoms with Crippen molar-refractivity contribution in [2.45, 2.75) is 18.7 Å². The molecule has 0 unspecified atom stereocenters. The van der Waals surface area contributed by atoms with Gasteiger partial charge in [0.2, 0.25) is 0 Å². The van der Waals surface area contributed by atoms with Gasteiger partial charge in [0, 0.05) is 12.4 Å². The minimum Gasteiger partial charge on any atom is -0.257 e. The third-order valence-corrected chi connectivity index (χ3v) is 1.27. The Morgan fingerprint density at radius 3 is 2.44 bits per heavy atom. The second-order valence-electron chi connectivity index (χ2n) is 2.45. The molecule has 1 aromatic rings. The van der Waals surface area contributed by atoms with Crippen LogP contribution in [-0.2, 0) is 4.87 Å². The van der Waals surface area contributed by atoms with Crippen LogP contribution >= 0.6 is 12.6 Å². The molecule has 1 heterocycles. The number of nitrogens with zero attached hydrogens (tertiary/aromatic N) is 2. The van der Waals surface area contributed by atoms with Crippen molar-refractivity contribution in [3.8, 4) is 0 Å². The number of aromatic nitrogens is 2. The standard InChI is InChI=1S/C6H10N2S/c1-6(2,9)8-5-3-4-7-8/h3-5,9H,1-2H3. The van der Waals surface area contributed by atoms with Gasteiger partial charge in [0.05, 0.1) is 4.87 Å². The minimum atomic E-state index is -0.177. The molecule has 0 bridgehead atoms. The second kappa shape index (κ2) is 2.06. The first-order valence-corrected chi connectivity index (χ1v) is 3.28. The highest BCUT2D eigenvalue weighted by molar-refractivity contribution is 7.81. The highest BCUT2D eigenvalue weighted by Crippen LogP contribution is 2.16. The zero-order valence-electron chi connectivity index (χ0n) is 5.57. The predicted molar refractivity (Wildman–Crippen MR) is 40.5 cm³/mol. The van der Waals surface area contributed by atoms with E-state index in [9.17, 15) is 0 Å². The van der Waals surface area contributed by atoms with Gasteiger partial charge in [0.25, 0.3) is 0 Å². The third kappa shape index (κ3) is 1.48. The highest BCUT2D eigenvalue weighted by Gasteiger charge is 2.12. The number of hydrogen-bond acceptors (Lipinski definition) is 2. The van der Waals surface area contributed by atoms with Crippen molar-refractivity contribution in [2.75, 3.05) is 0 Å². The molecule has 9 heavy (non-hydrogen) atoms. The predicted octanol–water partition coefficient (Wildman–Crippen LogP) is 1.51. The van der Waals surface area contributed by atoms with E-state index >= 15 is 0 Å². The summed E-state index contributed by atoms with van der Waals surface area (Å²) in [5.41, 5.74) is 0. The molecule has 0 aliphatic carbocycles. The summed E-state index contributed by atoms with van der Waals surface area (Å²) < 4.78 is 1.80. The summed E-state index contributed by atoms with van der Waals surface area (Å²) in [7, 11) is 0. The lowest BCUT2D eigenvalue weighted by Crippen LogP contribution is -2.18. The van der Waals surface area contributed by atoms with Crippen LogP contribution in [-0.4, -0.2) is 9.78 Å². The summed E-state index contributed by atoms with van der Waals surface area (Å²) in [6.07, 6.45) is 3.64. The third-order valence-electron chi connectivity index (χ3n) is 1.07. The molecule has 0 saturated heterocycles. The molecule has 0 fully saturated rings. The Balaban J connectivity index is 2.90. The summed E-state index contributed by atoms with van der Waals surface area (Å²) in [6, 6.07) is 1.89. The molecule has 2 nitrogen and oxygen atoms in total. The van der Waals surface area contributed by atoms with Gasteiger partial charge < -0.3 is 0 Å². The molecule has 0 radical (unpaired) electrons. The van der Waals surface area contributed by atoms with Crippen LogP contribution in [0, 0.1) is 0 Å². The first kappa shape index (κ1) is 6.68. The van der Waals surface area contributed by atoms with E-state index in [4.69, 9.17) is 0 Å². The molecule has 0 spiro atoms. The number of hydrogen-bond donors (Lipinski definition) is 1. The molecule has 1 rings (SSSR count). The van der Waals surface area contributed by atoms with Crippen molar-refractivity contribution in [1.29, 1.82) is 0 Å². The van der Waals surface area contributed by atoms with Crippen LogP contribution in [0.5, 0.6) is 0 Å². The highest BCUT2D eigenvalue weighted by atomic mass is 32.1. The second-order valence-corrected chi connectivity index (χ2v) is 3.54. The van der Waals surface area contributed by atoms with Crippen molar-refractivity contribution >= 4 is 12.6 Å². The Hall–Kier alpha value is -0.440. The lowest BCUT2D eigenvalue weighted by atomic mass is 10.4. The summed E-state index contributed by atoms with van der Waals surface area (Å²) in [5, 5.41) is 4.03. The van der Waals surface area contributed by atoms with E-state index in [0.717, 1.165) is 0 Å². The molecular formula is C6H10N2S. The van der Waals surface area contributed by atoms with Gasteiger partial charge in [0.15, 0.2) is 0 Å². The lowest BCUT2D eigenvalue weighted by molar-refractivity contribution is 0.482. The SMILES string of the molecule is CC(C)(S)n1cccn1. The van der Waals surface area contributed by atoms with E-state index in [-0.39, 0.29) is 4.87 Å². The van der Waals surface area contributed by atoms with Crippen LogP contribution in [0.3, 0.4) is 0 Å². The Morgan fingerprint density at radius 2 is 2.22 bits per heavy atom. The average molecular weight is 142 g/mol. The van der Waals surface area contributed by atoms with Crippen molar-refractivity contribution in [3.63, 3.8) is 0 Å². The largest absolute Gasteiger partial charge is 0.257 e. The molecule has 0 amide bonds. The summed E-state index contributed by atoms with van der Waals surface area (Å²) in [4.78, 5) is -0.177. The van der Waals surface area contributed by atoms with Gasteiger partial charge in [-0.1, -0.05) is 0 Å². The molecule has 0 atom stereocenters. The van der Waals surface area contributed by atoms with Crippen LogP contribution in [0.1, 0.15) is 13.8 Å². The Bertz CT molecular complexity index is 173. The molecular weight excluding hydrogens is 132 g/mol. The van der Waals surface area contributed by atoms with Gasteiger partial charge in [0.1, 0.15) is 0 Å². The first-order valence-electron chi connectivity index (χ1n) is 2.83. The molecule has 50 valence electrons. The monoisotopic (exact) mass is 142 g/mol. The topological polar surface area (TPSA) is 17.8 Å². The molecule has 0 aromatic carbocycles. The molecule has 1 aromatic heterocycles. The van der Waals surface area contributed by atoms with Crippen LogP contribution < -0.4 is 0 Å². The Labute approximate surface area is 60.3 Å². The van der Waals surface area contributed by atoms with Crippen molar-refractivity contribution in [3.05, 3.63) is 18.5 Å². The van der Waals surface area contributed by atoms with Gasteiger partial charge in [-0.15, -0.1) is 12.6 Å². The normalized spacial score (nSPS) is 11.9. The lowest BCUT2D eigenvalue weighted by Gasteiger charge is -2.17. The molecule has 0 saturated carbocycles. The fourth-order valence-electron chi connectivity index (χ4n) is 0.593. The van der Waals surface area contributed by atoms with E-state index < -0.39 is 0 Å². The van der Waals surface area contributed by atoms with Crippen LogP contribution in [0.25, 0.3) is 0 Å². The molecule has 0 aliphatic rings. The summed E-state index contributed by atoms with van der Waals surface area (Å²) in [5.74, 6) is 0. The fraction of sp³-hybridized carbons (Fsp3) is 0.500. The smallest absolute Gasteiger partial charge is 0.0992 e. The zero-order valence-corrected chi connectivity index (χ0v) is 6.47. The Kier molecular flexibility index (Phi) is 1.53. The zero-order chi connectivity index (χ0) is 6.91. The van der Waals surface area contributed by atoms with Crippen LogP contribution in [0.15, 0.2) is 18.5 Å². The van der Waals surface area contributed by atoms with Crippen molar-refractivity contribution < 1.29 is 0 Å². The number of thiol groups is 1. The molecule has 0 aliphatic heterocycles. The van der Waals surface area contributed by atoms with E-state index in [1.165, 1.54) is 0 Å². The minimum absolute atomic E-state index is 0.177. The van der Waals surface area contributed by atoms with E-state index in [1.54, 1.807) is 10.9 Å². The summed E-state index contributed by atoms with van der Waals surface area (Å²) >= 11 is 4.31. The van der Waals surface area contributed by atoms with E-state index in [1.807, 2.05) is 26.1 Å². The maximum Gasteiger partial charge on any atom is 0.0992 e. The first-order chi connectivity index (χ1) is 4.11. The van der Waals surface area contributed by atoms with Crippen LogP contribution in [0.4, 0.5) is 0 Å². The average Bonchev–Trinajstić information content (AvgIpc) is 2.08. The number of rotatable bonds is 1. The quantitative estimate of drug-likeness (QED) is 0.588. The van der Waals surface area contributed by atoms with Crippen molar-refractivity contribution in [1.82, 2.24) is 9.78 Å².